The second-order valence-electron chi connectivity index (χ2n) is 5.22. The van der Waals surface area contributed by atoms with Gasteiger partial charge in [0.05, 0.1) is 5.60 Å². The number of hydrogen-bond acceptors (Lipinski definition) is 2. The average molecular weight is 187 g/mol. The smallest absolute Gasteiger partial charge is 0.227 e. The molecule has 0 saturated heterocycles. The molecule has 0 bridgehead atoms. The maximum atomic E-state index is 11.7. The van der Waals surface area contributed by atoms with Crippen LogP contribution in [0.2, 0.25) is 0 Å². The van der Waals surface area contributed by atoms with E-state index in [0.29, 0.717) is 6.54 Å². The third-order valence-electron chi connectivity index (χ3n) is 1.61. The van der Waals surface area contributed by atoms with Gasteiger partial charge in [0.25, 0.3) is 0 Å². The van der Waals surface area contributed by atoms with Crippen LogP contribution in [0.3, 0.4) is 0 Å². The van der Waals surface area contributed by atoms with Crippen molar-refractivity contribution in [2.24, 2.45) is 5.41 Å². The summed E-state index contributed by atoms with van der Waals surface area (Å²) < 4.78 is 0. The Morgan fingerprint density at radius 1 is 1.23 bits per heavy atom. The summed E-state index contributed by atoms with van der Waals surface area (Å²) in [4.78, 5) is 13.2. The van der Waals surface area contributed by atoms with Crippen molar-refractivity contribution in [3.8, 4) is 0 Å². The summed E-state index contributed by atoms with van der Waals surface area (Å²) in [5, 5.41) is 9.51. The lowest BCUT2D eigenvalue weighted by atomic mass is 9.94. The Bertz CT molecular complexity index is 186. The molecule has 0 radical (unpaired) electrons. The van der Waals surface area contributed by atoms with Crippen LogP contribution in [0.1, 0.15) is 34.6 Å². The van der Waals surface area contributed by atoms with Crippen molar-refractivity contribution < 1.29 is 9.90 Å². The first kappa shape index (κ1) is 12.4. The zero-order valence-electron chi connectivity index (χ0n) is 9.51. The van der Waals surface area contributed by atoms with E-state index in [-0.39, 0.29) is 11.3 Å². The van der Waals surface area contributed by atoms with E-state index in [1.807, 2.05) is 20.8 Å². The number of nitrogens with zero attached hydrogens (tertiary/aromatic N) is 1. The Morgan fingerprint density at radius 3 is 1.85 bits per heavy atom. The van der Waals surface area contributed by atoms with Gasteiger partial charge < -0.3 is 10.0 Å². The van der Waals surface area contributed by atoms with Crippen LogP contribution in [0, 0.1) is 5.41 Å². The Kier molecular flexibility index (Phi) is 3.50. The summed E-state index contributed by atoms with van der Waals surface area (Å²) in [6.07, 6.45) is 0. The second-order valence-corrected chi connectivity index (χ2v) is 5.22. The summed E-state index contributed by atoms with van der Waals surface area (Å²) >= 11 is 0. The predicted molar refractivity (Wildman–Crippen MR) is 53.4 cm³/mol. The fraction of sp³-hybridized carbons (Fsp3) is 0.900. The van der Waals surface area contributed by atoms with Crippen molar-refractivity contribution in [3.05, 3.63) is 0 Å². The first-order chi connectivity index (χ1) is 5.54. The molecule has 0 atom stereocenters. The Labute approximate surface area is 80.7 Å². The Balaban J connectivity index is 4.30. The molecule has 0 aromatic heterocycles. The summed E-state index contributed by atoms with van der Waals surface area (Å²) in [5.41, 5.74) is -1.20. The molecule has 0 rings (SSSR count). The third kappa shape index (κ3) is 4.88. The number of likely N-dealkylation sites (N-methyl/N-ethyl adjacent to an activating group) is 1. The van der Waals surface area contributed by atoms with Gasteiger partial charge in [0.15, 0.2) is 0 Å². The highest BCUT2D eigenvalue weighted by Gasteiger charge is 2.27. The number of rotatable bonds is 2. The van der Waals surface area contributed by atoms with Crippen LogP contribution >= 0.6 is 0 Å². The van der Waals surface area contributed by atoms with E-state index in [4.69, 9.17) is 0 Å². The third-order valence-corrected chi connectivity index (χ3v) is 1.61. The lowest BCUT2D eigenvalue weighted by Crippen LogP contribution is -2.44. The molecule has 0 aromatic rings. The first-order valence-electron chi connectivity index (χ1n) is 4.52. The molecule has 1 N–H and O–H groups in total. The molecule has 3 heteroatoms. The molecule has 0 heterocycles. The second kappa shape index (κ2) is 3.66. The minimum Gasteiger partial charge on any atom is -0.389 e. The summed E-state index contributed by atoms with van der Waals surface area (Å²) in [6.45, 7) is 9.37. The highest BCUT2D eigenvalue weighted by atomic mass is 16.3. The quantitative estimate of drug-likeness (QED) is 0.707. The van der Waals surface area contributed by atoms with Gasteiger partial charge in [-0.25, -0.2) is 0 Å². The number of hydrogen-bond donors (Lipinski definition) is 1. The van der Waals surface area contributed by atoms with Crippen molar-refractivity contribution >= 4 is 5.91 Å². The van der Waals surface area contributed by atoms with E-state index in [1.165, 1.54) is 0 Å². The molecule has 78 valence electrons. The van der Waals surface area contributed by atoms with Crippen molar-refractivity contribution in [1.29, 1.82) is 0 Å². The van der Waals surface area contributed by atoms with E-state index in [1.54, 1.807) is 25.8 Å². The molecule has 13 heavy (non-hydrogen) atoms. The fourth-order valence-corrected chi connectivity index (χ4v) is 1.22. The Morgan fingerprint density at radius 2 is 1.62 bits per heavy atom. The molecular formula is C10H21NO2. The van der Waals surface area contributed by atoms with Crippen molar-refractivity contribution in [2.45, 2.75) is 40.2 Å². The van der Waals surface area contributed by atoms with Crippen LogP contribution in [0.5, 0.6) is 0 Å². The largest absolute Gasteiger partial charge is 0.389 e. The molecule has 0 aliphatic heterocycles. The van der Waals surface area contributed by atoms with Gasteiger partial charge in [-0.05, 0) is 13.8 Å². The number of aliphatic hydroxyl groups is 1. The van der Waals surface area contributed by atoms with Crippen LogP contribution in [0.4, 0.5) is 0 Å². The van der Waals surface area contributed by atoms with Gasteiger partial charge >= 0.3 is 0 Å². The summed E-state index contributed by atoms with van der Waals surface area (Å²) in [6, 6.07) is 0. The maximum Gasteiger partial charge on any atom is 0.227 e. The monoisotopic (exact) mass is 187 g/mol. The highest BCUT2D eigenvalue weighted by molar-refractivity contribution is 5.81. The maximum absolute atomic E-state index is 11.7. The van der Waals surface area contributed by atoms with Crippen LogP contribution in [0.15, 0.2) is 0 Å². The highest BCUT2D eigenvalue weighted by Crippen LogP contribution is 2.17. The minimum absolute atomic E-state index is 0.0506. The van der Waals surface area contributed by atoms with Crippen LogP contribution in [-0.2, 0) is 4.79 Å². The van der Waals surface area contributed by atoms with Gasteiger partial charge in [0, 0.05) is 19.0 Å². The van der Waals surface area contributed by atoms with Crippen molar-refractivity contribution in [2.75, 3.05) is 13.6 Å². The normalized spacial score (nSPS) is 12.8. The minimum atomic E-state index is -0.824. The van der Waals surface area contributed by atoms with Gasteiger partial charge in [-0.3, -0.25) is 4.79 Å². The molecule has 0 aliphatic rings. The SMILES string of the molecule is CN(CC(C)(C)O)C(=O)C(C)(C)C. The molecule has 0 aliphatic carbocycles. The number of carbonyl (C=O) groups is 1. The average Bonchev–Trinajstić information content (AvgIpc) is 1.79. The van der Waals surface area contributed by atoms with E-state index in [0.717, 1.165) is 0 Å². The zero-order valence-corrected chi connectivity index (χ0v) is 9.51. The standard InChI is InChI=1S/C10H21NO2/c1-9(2,3)8(12)11(6)7-10(4,5)13/h13H,7H2,1-6H3. The van der Waals surface area contributed by atoms with Gasteiger partial charge in [0.1, 0.15) is 0 Å². The molecule has 0 aromatic carbocycles. The van der Waals surface area contributed by atoms with E-state index in [9.17, 15) is 9.90 Å². The van der Waals surface area contributed by atoms with Gasteiger partial charge in [-0.15, -0.1) is 0 Å². The Hall–Kier alpha value is -0.570. The molecule has 0 saturated carbocycles. The molecule has 0 fully saturated rings. The number of amides is 1. The van der Waals surface area contributed by atoms with Crippen molar-refractivity contribution in [1.82, 2.24) is 4.90 Å². The molecule has 1 amide bonds. The van der Waals surface area contributed by atoms with Crippen molar-refractivity contribution in [3.63, 3.8) is 0 Å². The van der Waals surface area contributed by atoms with Crippen LogP contribution in [-0.4, -0.2) is 35.1 Å². The van der Waals surface area contributed by atoms with E-state index in [2.05, 4.69) is 0 Å². The van der Waals surface area contributed by atoms with Crippen LogP contribution < -0.4 is 0 Å². The molecule has 0 spiro atoms. The summed E-state index contributed by atoms with van der Waals surface area (Å²) in [7, 11) is 1.71. The van der Waals surface area contributed by atoms with E-state index < -0.39 is 5.60 Å². The van der Waals surface area contributed by atoms with Gasteiger partial charge in [-0.2, -0.15) is 0 Å². The fourth-order valence-electron chi connectivity index (χ4n) is 1.22. The first-order valence-corrected chi connectivity index (χ1v) is 4.52. The molecular weight excluding hydrogens is 166 g/mol. The molecule has 3 nitrogen and oxygen atoms in total. The van der Waals surface area contributed by atoms with Gasteiger partial charge in [0.2, 0.25) is 5.91 Å². The number of carbonyl (C=O) groups excluding carboxylic acids is 1. The van der Waals surface area contributed by atoms with Crippen LogP contribution in [0.25, 0.3) is 0 Å². The lowest BCUT2D eigenvalue weighted by molar-refractivity contribution is -0.140. The molecule has 0 unspecified atom stereocenters. The summed E-state index contributed by atoms with van der Waals surface area (Å²) in [5.74, 6) is 0.0506. The topological polar surface area (TPSA) is 40.5 Å². The predicted octanol–water partition coefficient (Wildman–Crippen LogP) is 1.26. The zero-order chi connectivity index (χ0) is 10.9. The lowest BCUT2D eigenvalue weighted by Gasteiger charge is -2.30. The van der Waals surface area contributed by atoms with Gasteiger partial charge in [-0.1, -0.05) is 20.8 Å². The van der Waals surface area contributed by atoms with E-state index >= 15 is 0 Å².